The monoisotopic (exact) mass is 307 g/mol. The molecule has 1 saturated heterocycles. The number of ether oxygens (including phenoxy) is 1. The molecule has 1 N–H and O–H groups in total. The number of hydrogen-bond donors (Lipinski definition) is 1. The van der Waals surface area contributed by atoms with Crippen molar-refractivity contribution in [3.05, 3.63) is 33.4 Å². The zero-order valence-corrected chi connectivity index (χ0v) is 13.5. The number of nitro groups is 1. The highest BCUT2D eigenvalue weighted by molar-refractivity contribution is 5.85. The van der Waals surface area contributed by atoms with Gasteiger partial charge in [-0.25, -0.2) is 0 Å². The molecule has 2 rings (SSSR count). The first kappa shape index (κ1) is 16.2. The molecule has 0 bridgehead atoms. The minimum atomic E-state index is -0.463. The molecule has 7 nitrogen and oxygen atoms in total. The molecule has 22 heavy (non-hydrogen) atoms. The Labute approximate surface area is 129 Å². The van der Waals surface area contributed by atoms with Gasteiger partial charge in [0.1, 0.15) is 0 Å². The van der Waals surface area contributed by atoms with Crippen LogP contribution in [0.25, 0.3) is 0 Å². The lowest BCUT2D eigenvalue weighted by atomic mass is 10.0. The first-order valence-corrected chi connectivity index (χ1v) is 7.04. The number of benzene rings is 1. The topological polar surface area (TPSA) is 84.7 Å². The summed E-state index contributed by atoms with van der Waals surface area (Å²) in [6, 6.07) is 2.92. The number of aryl methyl sites for hydroxylation is 1. The van der Waals surface area contributed by atoms with Gasteiger partial charge >= 0.3 is 5.69 Å². The molecule has 1 atom stereocenters. The molecule has 0 aliphatic carbocycles. The Morgan fingerprint density at radius 2 is 2.09 bits per heavy atom. The highest BCUT2D eigenvalue weighted by Gasteiger charge is 2.41. The molecule has 1 aliphatic heterocycles. The number of nitrogens with one attached hydrogen (secondary N) is 1. The number of carbonyl (C=O) groups excluding carboxylic acids is 1. The van der Waals surface area contributed by atoms with E-state index in [4.69, 9.17) is 4.74 Å². The van der Waals surface area contributed by atoms with E-state index >= 15 is 0 Å². The van der Waals surface area contributed by atoms with Gasteiger partial charge in [0, 0.05) is 13.1 Å². The molecule has 1 fully saturated rings. The fourth-order valence-electron chi connectivity index (χ4n) is 2.82. The number of hydrogen-bond acceptors (Lipinski definition) is 5. The molecule has 0 spiro atoms. The van der Waals surface area contributed by atoms with Crippen LogP contribution in [0.5, 0.6) is 5.75 Å². The van der Waals surface area contributed by atoms with E-state index in [2.05, 4.69) is 5.32 Å². The summed E-state index contributed by atoms with van der Waals surface area (Å²) in [6.45, 7) is 5.61. The number of methoxy groups -OCH3 is 1. The van der Waals surface area contributed by atoms with Crippen LogP contribution in [0.1, 0.15) is 25.0 Å². The smallest absolute Gasteiger partial charge is 0.311 e. The normalized spacial score (nSPS) is 20.3. The highest BCUT2D eigenvalue weighted by Crippen LogP contribution is 2.33. The SMILES string of the molecule is COc1c(C)cc(CC2NC(C)(C)N(C)C2=O)cc1[N+](=O)[O-]. The van der Waals surface area contributed by atoms with Crippen LogP contribution in [-0.4, -0.2) is 41.6 Å². The lowest BCUT2D eigenvalue weighted by molar-refractivity contribution is -0.385. The number of nitrogens with zero attached hydrogens (tertiary/aromatic N) is 2. The highest BCUT2D eigenvalue weighted by atomic mass is 16.6. The van der Waals surface area contributed by atoms with Crippen LogP contribution in [-0.2, 0) is 11.2 Å². The van der Waals surface area contributed by atoms with Crippen molar-refractivity contribution in [2.75, 3.05) is 14.2 Å². The van der Waals surface area contributed by atoms with Crippen LogP contribution in [0.2, 0.25) is 0 Å². The van der Waals surface area contributed by atoms with E-state index < -0.39 is 10.6 Å². The Bertz CT molecular complexity index is 627. The largest absolute Gasteiger partial charge is 0.490 e. The fraction of sp³-hybridized carbons (Fsp3) is 0.533. The predicted octanol–water partition coefficient (Wildman–Crippen LogP) is 1.62. The van der Waals surface area contributed by atoms with Gasteiger partial charge in [0.2, 0.25) is 5.91 Å². The van der Waals surface area contributed by atoms with Gasteiger partial charge in [0.25, 0.3) is 0 Å². The Morgan fingerprint density at radius 3 is 2.55 bits per heavy atom. The second-order valence-electron chi connectivity index (χ2n) is 6.08. The number of likely N-dealkylation sites (N-methyl/N-ethyl adjacent to an activating group) is 1. The van der Waals surface area contributed by atoms with Crippen molar-refractivity contribution < 1.29 is 14.5 Å². The van der Waals surface area contributed by atoms with Gasteiger partial charge in [-0.2, -0.15) is 0 Å². The number of rotatable bonds is 4. The van der Waals surface area contributed by atoms with Crippen LogP contribution in [0.15, 0.2) is 12.1 Å². The van der Waals surface area contributed by atoms with E-state index in [-0.39, 0.29) is 23.4 Å². The van der Waals surface area contributed by atoms with E-state index in [0.717, 1.165) is 5.56 Å². The summed E-state index contributed by atoms with van der Waals surface area (Å²) in [7, 11) is 3.16. The lowest BCUT2D eigenvalue weighted by Gasteiger charge is -2.27. The molecule has 1 amide bonds. The molecular weight excluding hydrogens is 286 g/mol. The van der Waals surface area contributed by atoms with E-state index in [1.165, 1.54) is 13.2 Å². The zero-order chi connectivity index (χ0) is 16.7. The Morgan fingerprint density at radius 1 is 1.45 bits per heavy atom. The average Bonchev–Trinajstić information content (AvgIpc) is 2.61. The molecule has 1 heterocycles. The van der Waals surface area contributed by atoms with Crippen molar-refractivity contribution in [3.63, 3.8) is 0 Å². The van der Waals surface area contributed by atoms with Gasteiger partial charge < -0.3 is 9.64 Å². The van der Waals surface area contributed by atoms with Crippen molar-refractivity contribution in [3.8, 4) is 5.75 Å². The second kappa shape index (κ2) is 5.57. The minimum absolute atomic E-state index is 0.0128. The number of nitro benzene ring substituents is 1. The maximum atomic E-state index is 12.3. The van der Waals surface area contributed by atoms with Gasteiger partial charge in [-0.3, -0.25) is 20.2 Å². The summed E-state index contributed by atoms with van der Waals surface area (Å²) < 4.78 is 5.10. The van der Waals surface area contributed by atoms with Crippen molar-refractivity contribution in [2.24, 2.45) is 0 Å². The van der Waals surface area contributed by atoms with Crippen molar-refractivity contribution in [2.45, 2.75) is 38.9 Å². The van der Waals surface area contributed by atoms with Crippen molar-refractivity contribution >= 4 is 11.6 Å². The standard InChI is InChI=1S/C15H21N3O4/c1-9-6-10(8-12(18(20)21)13(9)22-5)7-11-14(19)17(4)15(2,3)16-11/h6,8,11,16H,7H2,1-5H3. The third-order valence-corrected chi connectivity index (χ3v) is 4.15. The predicted molar refractivity (Wildman–Crippen MR) is 81.9 cm³/mol. The summed E-state index contributed by atoms with van der Waals surface area (Å²) in [4.78, 5) is 24.6. The molecule has 1 aromatic rings. The molecule has 120 valence electrons. The van der Waals surface area contributed by atoms with Crippen molar-refractivity contribution in [1.82, 2.24) is 10.2 Å². The quantitative estimate of drug-likeness (QED) is 0.675. The van der Waals surface area contributed by atoms with E-state index in [1.54, 1.807) is 18.9 Å². The molecule has 0 radical (unpaired) electrons. The third kappa shape index (κ3) is 2.76. The minimum Gasteiger partial charge on any atom is -0.490 e. The second-order valence-corrected chi connectivity index (χ2v) is 6.08. The molecule has 1 aromatic carbocycles. The molecule has 1 unspecified atom stereocenters. The van der Waals surface area contributed by atoms with E-state index in [1.807, 2.05) is 19.9 Å². The summed E-state index contributed by atoms with van der Waals surface area (Å²) in [5.41, 5.74) is 0.928. The summed E-state index contributed by atoms with van der Waals surface area (Å²) in [6.07, 6.45) is 0.401. The number of amides is 1. The van der Waals surface area contributed by atoms with Gasteiger partial charge in [-0.15, -0.1) is 0 Å². The maximum absolute atomic E-state index is 12.3. The average molecular weight is 307 g/mol. The first-order valence-electron chi connectivity index (χ1n) is 7.04. The molecule has 7 heteroatoms. The maximum Gasteiger partial charge on any atom is 0.311 e. The van der Waals surface area contributed by atoms with E-state index in [0.29, 0.717) is 12.0 Å². The van der Waals surface area contributed by atoms with Crippen molar-refractivity contribution in [1.29, 1.82) is 0 Å². The van der Waals surface area contributed by atoms with Crippen LogP contribution in [0, 0.1) is 17.0 Å². The van der Waals surface area contributed by atoms with Gasteiger partial charge in [-0.1, -0.05) is 6.07 Å². The molecule has 0 saturated carbocycles. The Kier molecular flexibility index (Phi) is 4.10. The molecular formula is C15H21N3O4. The van der Waals surface area contributed by atoms with E-state index in [9.17, 15) is 14.9 Å². The zero-order valence-electron chi connectivity index (χ0n) is 13.5. The van der Waals surface area contributed by atoms with Crippen LogP contribution >= 0.6 is 0 Å². The third-order valence-electron chi connectivity index (χ3n) is 4.15. The summed E-state index contributed by atoms with van der Waals surface area (Å²) in [5, 5.41) is 14.4. The number of carbonyl (C=O) groups is 1. The first-order chi connectivity index (χ1) is 10.2. The Balaban J connectivity index is 2.32. The van der Waals surface area contributed by atoms with Gasteiger partial charge in [0.15, 0.2) is 5.75 Å². The van der Waals surface area contributed by atoms with Gasteiger partial charge in [0.05, 0.1) is 23.7 Å². The van der Waals surface area contributed by atoms with Crippen LogP contribution in [0.4, 0.5) is 5.69 Å². The summed E-state index contributed by atoms with van der Waals surface area (Å²) in [5.74, 6) is 0.248. The lowest BCUT2D eigenvalue weighted by Crippen LogP contribution is -2.45. The van der Waals surface area contributed by atoms with Gasteiger partial charge in [-0.05, 0) is 38.3 Å². The van der Waals surface area contributed by atoms with Crippen LogP contribution in [0.3, 0.4) is 0 Å². The summed E-state index contributed by atoms with van der Waals surface area (Å²) >= 11 is 0. The fourth-order valence-corrected chi connectivity index (χ4v) is 2.82. The van der Waals surface area contributed by atoms with Crippen LogP contribution < -0.4 is 10.1 Å². The molecule has 1 aliphatic rings. The molecule has 0 aromatic heterocycles. The Hall–Kier alpha value is -2.15.